The highest BCUT2D eigenvalue weighted by Crippen LogP contribution is 2.44. The number of aliphatic carboxylic acids is 1. The first-order chi connectivity index (χ1) is 13.5. The van der Waals surface area contributed by atoms with Crippen molar-refractivity contribution in [2.45, 2.75) is 32.1 Å². The summed E-state index contributed by atoms with van der Waals surface area (Å²) in [6.07, 6.45) is 4.51. The third-order valence-electron chi connectivity index (χ3n) is 6.41. The number of carbonyl (C=O) groups is 2. The molecule has 1 aliphatic heterocycles. The quantitative estimate of drug-likeness (QED) is 0.881. The van der Waals surface area contributed by atoms with Crippen molar-refractivity contribution in [2.75, 3.05) is 13.1 Å². The predicted octanol–water partition coefficient (Wildman–Crippen LogP) is 2.68. The molecule has 5 rings (SSSR count). The Morgan fingerprint density at radius 1 is 1.14 bits per heavy atom. The fraction of sp³-hybridized carbons (Fsp3) is 0.476. The standard InChI is InChI=1S/C21H22FN3O3/c22-16-5-1-2-6-18(16)25-17-7-3-4-13(17)19(23-25)20(26)24-10-14(12-8-9-12)15(11-24)21(27)28/h1-2,5-6,12,14-15H,3-4,7-11H2,(H,27,28)/t14-,15+/m1/s1. The number of para-hydroxylation sites is 1. The molecule has 2 fully saturated rings. The van der Waals surface area contributed by atoms with Crippen molar-refractivity contribution < 1.29 is 19.1 Å². The van der Waals surface area contributed by atoms with Gasteiger partial charge in [0.05, 0.1) is 5.92 Å². The minimum absolute atomic E-state index is 0.0307. The fourth-order valence-corrected chi connectivity index (χ4v) is 4.84. The van der Waals surface area contributed by atoms with E-state index in [1.807, 2.05) is 0 Å². The maximum Gasteiger partial charge on any atom is 0.308 e. The summed E-state index contributed by atoms with van der Waals surface area (Å²) >= 11 is 0. The van der Waals surface area contributed by atoms with Gasteiger partial charge in [-0.15, -0.1) is 0 Å². The van der Waals surface area contributed by atoms with Crippen LogP contribution in [0.2, 0.25) is 0 Å². The molecule has 7 heteroatoms. The smallest absolute Gasteiger partial charge is 0.308 e. The van der Waals surface area contributed by atoms with Crippen molar-refractivity contribution in [3.8, 4) is 5.69 Å². The number of carbonyl (C=O) groups excluding carboxylic acids is 1. The third-order valence-corrected chi connectivity index (χ3v) is 6.41. The molecule has 1 aromatic carbocycles. The first kappa shape index (κ1) is 17.4. The Morgan fingerprint density at radius 3 is 2.64 bits per heavy atom. The number of aromatic nitrogens is 2. The number of hydrogen-bond donors (Lipinski definition) is 1. The lowest BCUT2D eigenvalue weighted by Gasteiger charge is -2.15. The lowest BCUT2D eigenvalue weighted by atomic mass is 9.92. The summed E-state index contributed by atoms with van der Waals surface area (Å²) in [4.78, 5) is 26.6. The third kappa shape index (κ3) is 2.72. The molecule has 2 aliphatic carbocycles. The molecule has 2 heterocycles. The van der Waals surface area contributed by atoms with Gasteiger partial charge >= 0.3 is 5.97 Å². The van der Waals surface area contributed by atoms with Crippen LogP contribution in [0.3, 0.4) is 0 Å². The largest absolute Gasteiger partial charge is 0.481 e. The van der Waals surface area contributed by atoms with Gasteiger partial charge in [-0.25, -0.2) is 9.07 Å². The van der Waals surface area contributed by atoms with E-state index in [1.165, 1.54) is 6.07 Å². The van der Waals surface area contributed by atoms with Crippen LogP contribution in [-0.2, 0) is 17.6 Å². The van der Waals surface area contributed by atoms with Crippen LogP contribution in [0.15, 0.2) is 24.3 Å². The van der Waals surface area contributed by atoms with E-state index in [0.717, 1.165) is 43.4 Å². The molecule has 28 heavy (non-hydrogen) atoms. The van der Waals surface area contributed by atoms with E-state index in [0.29, 0.717) is 23.8 Å². The van der Waals surface area contributed by atoms with Gasteiger partial charge in [-0.3, -0.25) is 9.59 Å². The molecular formula is C21H22FN3O3. The number of likely N-dealkylation sites (tertiary alicyclic amines) is 1. The van der Waals surface area contributed by atoms with Crippen molar-refractivity contribution in [1.29, 1.82) is 0 Å². The molecule has 146 valence electrons. The molecular weight excluding hydrogens is 361 g/mol. The molecule has 2 aromatic rings. The highest BCUT2D eigenvalue weighted by Gasteiger charge is 2.47. The number of fused-ring (bicyclic) bond motifs is 1. The predicted molar refractivity (Wildman–Crippen MR) is 98.8 cm³/mol. The Kier molecular flexibility index (Phi) is 4.00. The first-order valence-corrected chi connectivity index (χ1v) is 9.92. The maximum atomic E-state index is 14.3. The Morgan fingerprint density at radius 2 is 1.93 bits per heavy atom. The summed E-state index contributed by atoms with van der Waals surface area (Å²) < 4.78 is 15.9. The first-order valence-electron chi connectivity index (χ1n) is 9.92. The molecule has 0 spiro atoms. The van der Waals surface area contributed by atoms with E-state index >= 15 is 0 Å². The number of carboxylic acid groups (broad SMARTS) is 1. The van der Waals surface area contributed by atoms with Crippen LogP contribution in [-0.4, -0.2) is 44.8 Å². The summed E-state index contributed by atoms with van der Waals surface area (Å²) in [6.45, 7) is 0.707. The van der Waals surface area contributed by atoms with Crippen molar-refractivity contribution in [3.63, 3.8) is 0 Å². The lowest BCUT2D eigenvalue weighted by Crippen LogP contribution is -2.31. The van der Waals surface area contributed by atoms with E-state index in [9.17, 15) is 19.1 Å². The lowest BCUT2D eigenvalue weighted by molar-refractivity contribution is -0.142. The minimum atomic E-state index is -0.825. The summed E-state index contributed by atoms with van der Waals surface area (Å²) in [7, 11) is 0. The van der Waals surface area contributed by atoms with Gasteiger partial charge in [0.2, 0.25) is 0 Å². The zero-order valence-electron chi connectivity index (χ0n) is 15.5. The fourth-order valence-electron chi connectivity index (χ4n) is 4.84. The van der Waals surface area contributed by atoms with Gasteiger partial charge in [-0.1, -0.05) is 12.1 Å². The second kappa shape index (κ2) is 6.43. The highest BCUT2D eigenvalue weighted by molar-refractivity contribution is 5.95. The molecule has 6 nitrogen and oxygen atoms in total. The van der Waals surface area contributed by atoms with Crippen molar-refractivity contribution in [2.24, 2.45) is 17.8 Å². The molecule has 0 bridgehead atoms. The Labute approximate surface area is 162 Å². The summed E-state index contributed by atoms with van der Waals surface area (Å²) in [5, 5.41) is 14.1. The molecule has 1 amide bonds. The summed E-state index contributed by atoms with van der Waals surface area (Å²) in [6, 6.07) is 6.43. The highest BCUT2D eigenvalue weighted by atomic mass is 19.1. The molecule has 1 aromatic heterocycles. The van der Waals surface area contributed by atoms with E-state index in [-0.39, 0.29) is 24.2 Å². The molecule has 1 N–H and O–H groups in total. The van der Waals surface area contributed by atoms with E-state index in [4.69, 9.17) is 0 Å². The maximum absolute atomic E-state index is 14.3. The molecule has 1 saturated carbocycles. The number of hydrogen-bond acceptors (Lipinski definition) is 3. The average molecular weight is 383 g/mol. The monoisotopic (exact) mass is 383 g/mol. The van der Waals surface area contributed by atoms with Gasteiger partial charge in [-0.2, -0.15) is 5.10 Å². The van der Waals surface area contributed by atoms with Crippen LogP contribution in [0.1, 0.15) is 41.0 Å². The average Bonchev–Trinajstić information content (AvgIpc) is 3.11. The van der Waals surface area contributed by atoms with Crippen molar-refractivity contribution in [1.82, 2.24) is 14.7 Å². The number of carboxylic acids is 1. The Balaban J connectivity index is 1.49. The van der Waals surface area contributed by atoms with Crippen LogP contribution < -0.4 is 0 Å². The second-order valence-corrected chi connectivity index (χ2v) is 8.15. The van der Waals surface area contributed by atoms with E-state index in [1.54, 1.807) is 27.8 Å². The van der Waals surface area contributed by atoms with Crippen LogP contribution in [0.4, 0.5) is 4.39 Å². The van der Waals surface area contributed by atoms with Gasteiger partial charge in [-0.05, 0) is 56.1 Å². The Hall–Kier alpha value is -2.70. The van der Waals surface area contributed by atoms with Crippen molar-refractivity contribution >= 4 is 11.9 Å². The topological polar surface area (TPSA) is 75.4 Å². The van der Waals surface area contributed by atoms with Crippen LogP contribution in [0, 0.1) is 23.6 Å². The number of halogens is 1. The summed E-state index contributed by atoms with van der Waals surface area (Å²) in [5.41, 5.74) is 2.48. The van der Waals surface area contributed by atoms with Gasteiger partial charge in [0.15, 0.2) is 5.69 Å². The number of nitrogens with zero attached hydrogens (tertiary/aromatic N) is 3. The van der Waals surface area contributed by atoms with Gasteiger partial charge in [0.1, 0.15) is 11.5 Å². The van der Waals surface area contributed by atoms with E-state index < -0.39 is 11.9 Å². The minimum Gasteiger partial charge on any atom is -0.481 e. The number of amides is 1. The normalized spacial score (nSPS) is 23.8. The zero-order chi connectivity index (χ0) is 19.4. The van der Waals surface area contributed by atoms with E-state index in [2.05, 4.69) is 5.10 Å². The molecule has 1 saturated heterocycles. The van der Waals surface area contributed by atoms with Gasteiger partial charge < -0.3 is 10.0 Å². The summed E-state index contributed by atoms with van der Waals surface area (Å²) in [5.74, 6) is -1.47. The molecule has 0 unspecified atom stereocenters. The van der Waals surface area contributed by atoms with Crippen LogP contribution in [0.5, 0.6) is 0 Å². The SMILES string of the molecule is O=C(O)[C@H]1CN(C(=O)c2nn(-c3ccccc3F)c3c2CCC3)C[C@@H]1C1CC1. The Bertz CT molecular complexity index is 966. The molecule has 2 atom stereocenters. The van der Waals surface area contributed by atoms with Gasteiger partial charge in [0, 0.05) is 24.3 Å². The van der Waals surface area contributed by atoms with Crippen LogP contribution >= 0.6 is 0 Å². The molecule has 0 radical (unpaired) electrons. The van der Waals surface area contributed by atoms with Crippen molar-refractivity contribution in [3.05, 3.63) is 47.0 Å². The zero-order valence-corrected chi connectivity index (χ0v) is 15.5. The number of benzene rings is 1. The van der Waals surface area contributed by atoms with Crippen LogP contribution in [0.25, 0.3) is 5.69 Å². The number of rotatable bonds is 4. The molecule has 3 aliphatic rings. The van der Waals surface area contributed by atoms with Gasteiger partial charge in [0.25, 0.3) is 5.91 Å². The second-order valence-electron chi connectivity index (χ2n) is 8.15.